The van der Waals surface area contributed by atoms with Crippen LogP contribution in [0.15, 0.2) is 18.2 Å². The Morgan fingerprint density at radius 1 is 1.57 bits per heavy atom. The van der Waals surface area contributed by atoms with Gasteiger partial charge in [0.15, 0.2) is 0 Å². The topological polar surface area (TPSA) is 53.2 Å². The Labute approximate surface area is 90.1 Å². The summed E-state index contributed by atoms with van der Waals surface area (Å²) in [7, 11) is 0. The van der Waals surface area contributed by atoms with Crippen molar-refractivity contribution < 1.29 is 9.84 Å². The summed E-state index contributed by atoms with van der Waals surface area (Å²) in [6, 6.07) is 7.09. The second-order valence-electron chi connectivity index (χ2n) is 3.14. The Hall–Kier alpha value is -1.05. The van der Waals surface area contributed by atoms with Gasteiger partial charge in [0.1, 0.15) is 12.4 Å². The van der Waals surface area contributed by atoms with Crippen LogP contribution in [0.2, 0.25) is 0 Å². The molecule has 0 bridgehead atoms. The third kappa shape index (κ3) is 1.49. The van der Waals surface area contributed by atoms with Crippen molar-refractivity contribution in [2.24, 2.45) is 0 Å². The monoisotopic (exact) mass is 253 g/mol. The molecule has 1 aliphatic heterocycles. The predicted molar refractivity (Wildman–Crippen MR) is 54.3 cm³/mol. The van der Waals surface area contributed by atoms with Crippen molar-refractivity contribution in [1.29, 1.82) is 5.26 Å². The largest absolute Gasteiger partial charge is 0.492 e. The first-order chi connectivity index (χ1) is 6.72. The predicted octanol–water partition coefficient (Wildman–Crippen LogP) is 1.75. The lowest BCUT2D eigenvalue weighted by Gasteiger charge is -2.26. The van der Waals surface area contributed by atoms with Gasteiger partial charge in [-0.3, -0.25) is 0 Å². The van der Waals surface area contributed by atoms with E-state index in [1.807, 2.05) is 6.07 Å². The quantitative estimate of drug-likeness (QED) is 0.717. The van der Waals surface area contributed by atoms with E-state index in [9.17, 15) is 5.11 Å². The van der Waals surface area contributed by atoms with Crippen LogP contribution in [0.3, 0.4) is 0 Å². The first-order valence-electron chi connectivity index (χ1n) is 4.21. The molecule has 0 aromatic heterocycles. The Kier molecular flexibility index (Phi) is 2.44. The van der Waals surface area contributed by atoms with Crippen molar-refractivity contribution in [1.82, 2.24) is 0 Å². The molecule has 0 fully saturated rings. The van der Waals surface area contributed by atoms with E-state index >= 15 is 0 Å². The van der Waals surface area contributed by atoms with Crippen LogP contribution in [0.4, 0.5) is 0 Å². The molecule has 0 spiro atoms. The maximum Gasteiger partial charge on any atom is 0.125 e. The summed E-state index contributed by atoms with van der Waals surface area (Å²) in [4.78, 5) is -0.107. The van der Waals surface area contributed by atoms with Gasteiger partial charge in [0, 0.05) is 5.56 Å². The van der Waals surface area contributed by atoms with E-state index in [-0.39, 0.29) is 4.83 Å². The van der Waals surface area contributed by atoms with Gasteiger partial charge in [-0.05, 0) is 18.2 Å². The van der Waals surface area contributed by atoms with E-state index in [1.54, 1.807) is 18.2 Å². The van der Waals surface area contributed by atoms with Gasteiger partial charge in [-0.15, -0.1) is 0 Å². The molecule has 1 N–H and O–H groups in total. The van der Waals surface area contributed by atoms with Crippen molar-refractivity contribution in [3.8, 4) is 11.8 Å². The molecule has 0 radical (unpaired) electrons. The van der Waals surface area contributed by atoms with Gasteiger partial charge in [-0.1, -0.05) is 15.9 Å². The van der Waals surface area contributed by atoms with Crippen LogP contribution in [0.1, 0.15) is 17.2 Å². The number of nitrogens with zero attached hydrogens (tertiary/aromatic N) is 1. The number of fused-ring (bicyclic) bond motifs is 1. The second-order valence-corrected chi connectivity index (χ2v) is 4.31. The summed E-state index contributed by atoms with van der Waals surface area (Å²) in [5, 5.41) is 18.5. The molecule has 0 saturated carbocycles. The fourth-order valence-electron chi connectivity index (χ4n) is 1.44. The number of hydrogen-bond acceptors (Lipinski definition) is 3. The molecular weight excluding hydrogens is 246 g/mol. The zero-order valence-electron chi connectivity index (χ0n) is 7.27. The maximum absolute atomic E-state index is 9.81. The van der Waals surface area contributed by atoms with E-state index in [4.69, 9.17) is 10.00 Å². The van der Waals surface area contributed by atoms with E-state index in [1.165, 1.54) is 0 Å². The Balaban J connectivity index is 2.47. The summed E-state index contributed by atoms with van der Waals surface area (Å²) < 4.78 is 5.39. The first-order valence-corrected chi connectivity index (χ1v) is 5.13. The maximum atomic E-state index is 9.81. The van der Waals surface area contributed by atoms with Crippen LogP contribution in [0, 0.1) is 11.3 Å². The highest BCUT2D eigenvalue weighted by Gasteiger charge is 2.27. The Morgan fingerprint density at radius 3 is 3.07 bits per heavy atom. The zero-order chi connectivity index (χ0) is 10.1. The number of nitriles is 1. The van der Waals surface area contributed by atoms with E-state index in [0.717, 1.165) is 0 Å². The highest BCUT2D eigenvalue weighted by molar-refractivity contribution is 9.09. The molecule has 1 aliphatic rings. The molecule has 2 atom stereocenters. The molecule has 2 unspecified atom stereocenters. The minimum Gasteiger partial charge on any atom is -0.492 e. The van der Waals surface area contributed by atoms with Gasteiger partial charge in [0.2, 0.25) is 0 Å². The number of aliphatic hydroxyl groups excluding tert-OH is 1. The number of ether oxygens (including phenoxy) is 1. The minimum absolute atomic E-state index is 0.107. The lowest BCUT2D eigenvalue weighted by molar-refractivity contribution is 0.125. The van der Waals surface area contributed by atoms with Crippen LogP contribution in [-0.2, 0) is 0 Å². The van der Waals surface area contributed by atoms with E-state index in [0.29, 0.717) is 23.5 Å². The van der Waals surface area contributed by atoms with Crippen molar-refractivity contribution in [2.45, 2.75) is 10.9 Å². The molecular formula is C10H8BrNO2. The van der Waals surface area contributed by atoms with Gasteiger partial charge >= 0.3 is 0 Å². The van der Waals surface area contributed by atoms with Crippen LogP contribution in [0.25, 0.3) is 0 Å². The molecule has 4 heteroatoms. The van der Waals surface area contributed by atoms with Crippen LogP contribution < -0.4 is 4.74 Å². The lowest BCUT2D eigenvalue weighted by atomic mass is 10.0. The molecule has 3 nitrogen and oxygen atoms in total. The van der Waals surface area contributed by atoms with Crippen molar-refractivity contribution in [2.75, 3.05) is 6.61 Å². The Bertz CT molecular complexity index is 400. The summed E-state index contributed by atoms with van der Waals surface area (Å²) in [5.74, 6) is 0.659. The molecule has 1 aromatic rings. The van der Waals surface area contributed by atoms with Gasteiger partial charge in [0.25, 0.3) is 0 Å². The van der Waals surface area contributed by atoms with Gasteiger partial charge in [-0.25, -0.2) is 0 Å². The number of rotatable bonds is 0. The second kappa shape index (κ2) is 3.60. The zero-order valence-corrected chi connectivity index (χ0v) is 8.86. The Morgan fingerprint density at radius 2 is 2.36 bits per heavy atom. The average molecular weight is 254 g/mol. The van der Waals surface area contributed by atoms with Crippen molar-refractivity contribution >= 4 is 15.9 Å². The molecule has 72 valence electrons. The number of benzene rings is 1. The number of hydrogen-bond donors (Lipinski definition) is 1. The molecule has 0 amide bonds. The molecule has 1 heterocycles. The number of alkyl halides is 1. The average Bonchev–Trinajstić information content (AvgIpc) is 2.23. The standard InChI is InChI=1S/C10H8BrNO2/c11-8-5-14-9-2-1-6(4-12)3-7(9)10(8)13/h1-3,8,10,13H,5H2. The highest BCUT2D eigenvalue weighted by atomic mass is 79.9. The van der Waals surface area contributed by atoms with Crippen LogP contribution in [0.5, 0.6) is 5.75 Å². The van der Waals surface area contributed by atoms with E-state index in [2.05, 4.69) is 15.9 Å². The summed E-state index contributed by atoms with van der Waals surface area (Å²) >= 11 is 3.31. The lowest BCUT2D eigenvalue weighted by Crippen LogP contribution is -2.25. The molecule has 14 heavy (non-hydrogen) atoms. The number of aliphatic hydroxyl groups is 1. The van der Waals surface area contributed by atoms with Gasteiger partial charge in [-0.2, -0.15) is 5.26 Å². The summed E-state index contributed by atoms with van der Waals surface area (Å²) in [5.41, 5.74) is 1.21. The van der Waals surface area contributed by atoms with Crippen LogP contribution >= 0.6 is 15.9 Å². The van der Waals surface area contributed by atoms with Crippen LogP contribution in [-0.4, -0.2) is 16.5 Å². The normalized spacial score (nSPS) is 24.6. The summed E-state index contributed by atoms with van der Waals surface area (Å²) in [6.07, 6.45) is -0.605. The first kappa shape index (κ1) is 9.50. The molecule has 1 aromatic carbocycles. The fraction of sp³-hybridized carbons (Fsp3) is 0.300. The van der Waals surface area contributed by atoms with Crippen molar-refractivity contribution in [3.05, 3.63) is 29.3 Å². The SMILES string of the molecule is N#Cc1ccc2c(c1)C(O)C(Br)CO2. The minimum atomic E-state index is -0.605. The summed E-state index contributed by atoms with van der Waals surface area (Å²) in [6.45, 7) is 0.445. The molecule has 0 saturated heterocycles. The third-order valence-electron chi connectivity index (χ3n) is 2.20. The van der Waals surface area contributed by atoms with Gasteiger partial charge in [0.05, 0.1) is 22.6 Å². The molecule has 2 rings (SSSR count). The van der Waals surface area contributed by atoms with Gasteiger partial charge < -0.3 is 9.84 Å². The fourth-order valence-corrected chi connectivity index (χ4v) is 1.85. The smallest absolute Gasteiger partial charge is 0.125 e. The van der Waals surface area contributed by atoms with E-state index < -0.39 is 6.10 Å². The van der Waals surface area contributed by atoms with Crippen molar-refractivity contribution in [3.63, 3.8) is 0 Å². The molecule has 0 aliphatic carbocycles. The number of halogens is 1. The third-order valence-corrected chi connectivity index (χ3v) is 2.96. The highest BCUT2D eigenvalue weighted by Crippen LogP contribution is 2.35.